The lowest BCUT2D eigenvalue weighted by molar-refractivity contribution is -0.392. The summed E-state index contributed by atoms with van der Waals surface area (Å²) in [5, 5.41) is 218. The highest BCUT2D eigenvalue weighted by Crippen LogP contribution is 2.40. The zero-order valence-electron chi connectivity index (χ0n) is 55.3. The van der Waals surface area contributed by atoms with E-state index in [4.69, 9.17) is 71.1 Å². The molecular weight excluding hydrogens is 1470 g/mol. The molecule has 0 bridgehead atoms. The second-order valence-corrected chi connectivity index (χ2v) is 27.7. The summed E-state index contributed by atoms with van der Waals surface area (Å²) in [4.78, 5) is 39.5. The molecule has 0 aromatic heterocycles. The summed E-state index contributed by atoms with van der Waals surface area (Å²) < 4.78 is 165. The van der Waals surface area contributed by atoms with Gasteiger partial charge >= 0.3 is 20.8 Å². The van der Waals surface area contributed by atoms with Crippen LogP contribution in [0.5, 0.6) is 0 Å². The summed E-state index contributed by atoms with van der Waals surface area (Å²) in [7, 11) is -11.1. The van der Waals surface area contributed by atoms with E-state index in [-0.39, 0.29) is 0 Å². The number of amides is 3. The van der Waals surface area contributed by atoms with Crippen LogP contribution in [0.3, 0.4) is 0 Å². The molecule has 0 aromatic carbocycles. The second kappa shape index (κ2) is 36.3. The zero-order valence-corrected chi connectivity index (χ0v) is 57.0. The van der Waals surface area contributed by atoms with E-state index in [2.05, 4.69) is 24.3 Å². The van der Waals surface area contributed by atoms with E-state index in [1.54, 1.807) is 0 Å². The van der Waals surface area contributed by atoms with Gasteiger partial charge in [0.25, 0.3) is 0 Å². The number of nitrogens with one attached hydrogen (secondary N) is 3. The van der Waals surface area contributed by atoms with E-state index in [9.17, 15) is 137 Å². The Bertz CT molecular complexity index is 3020. The Morgan fingerprint density at radius 3 is 1.01 bits per heavy atom. The van der Waals surface area contributed by atoms with Gasteiger partial charge in [-0.3, -0.25) is 23.5 Å². The monoisotopic (exact) mass is 1570 g/mol. The molecule has 8 saturated heterocycles. The van der Waals surface area contributed by atoms with Gasteiger partial charge < -0.3 is 184 Å². The molecule has 1 unspecified atom stereocenters. The summed E-state index contributed by atoms with van der Waals surface area (Å²) in [5.41, 5.74) is 0. The molecule has 50 heteroatoms. The normalized spacial score (nSPS) is 47.7. The molecule has 104 heavy (non-hydrogen) atoms. The number of rotatable bonds is 27. The van der Waals surface area contributed by atoms with E-state index in [1.807, 2.05) is 0 Å². The van der Waals surface area contributed by atoms with Crippen molar-refractivity contribution in [3.05, 3.63) is 0 Å². The van der Waals surface area contributed by atoms with Gasteiger partial charge in [-0.05, 0) is 13.8 Å². The highest BCUT2D eigenvalue weighted by atomic mass is 32.3. The number of hydrogen-bond donors (Lipinski definition) is 24. The maximum Gasteiger partial charge on any atom is 0.397 e. The molecule has 40 atom stereocenters. The Kier molecular flexibility index (Phi) is 30.2. The molecule has 0 aromatic rings. The zero-order chi connectivity index (χ0) is 77.2. The van der Waals surface area contributed by atoms with Crippen molar-refractivity contribution in [1.29, 1.82) is 0 Å². The predicted molar refractivity (Wildman–Crippen MR) is 317 cm³/mol. The summed E-state index contributed by atoms with van der Waals surface area (Å²) in [6.45, 7) is -2.06. The first-order valence-electron chi connectivity index (χ1n) is 32.2. The van der Waals surface area contributed by atoms with Crippen molar-refractivity contribution in [2.24, 2.45) is 0 Å². The summed E-state index contributed by atoms with van der Waals surface area (Å²) in [6, 6.07) is -5.98. The lowest BCUT2D eigenvalue weighted by atomic mass is 9.93. The number of aliphatic hydroxyl groups excluding tert-OH is 19. The minimum Gasteiger partial charge on any atom is -0.394 e. The fraction of sp³-hybridized carbons (Fsp3) is 0.944. The van der Waals surface area contributed by atoms with E-state index in [1.165, 1.54) is 13.8 Å². The molecule has 8 aliphatic rings. The van der Waals surface area contributed by atoms with Crippen LogP contribution in [-0.4, -0.2) is 426 Å². The van der Waals surface area contributed by atoms with Gasteiger partial charge in [-0.2, -0.15) is 16.8 Å². The lowest BCUT2D eigenvalue weighted by Crippen LogP contribution is -2.72. The molecule has 0 aliphatic carbocycles. The van der Waals surface area contributed by atoms with Crippen molar-refractivity contribution < 1.29 is 217 Å². The number of ether oxygens (including phenoxy) is 15. The SMILES string of the molecule is CC(=O)N[C@H]1[C@H](OC[C@H]2O[C@@H](O[C@H]3[C@@H](O)[C@@H](CO)OC(O)[C@@H]3NC(C)=O)[C@H](O)[C@@H](O[C@@H]3O[C@H](CO)[C@@H](O[C@@H]4O[C@H](CO)[C@H](O)[C@H](OS(=O)(=O)O)[C@H]4O)[C@H](O[C@@H]4O[C@@H](C)[C@@H](O)[C@@H](O)[C@@H]4O)[C@H]3NC(C)=O)[C@H]2O)O[C@H](CO)[C@@H](O[C@@H]2O[C@H](CO)[C@H](O)[C@H](OS(=O)(=O)O)[C@H]2O)[C@@H]1O[C@@H]1O[C@@H](C)[C@@H](O)[C@@H](O)[C@@H]1O. The molecule has 8 rings (SSSR count). The van der Waals surface area contributed by atoms with Gasteiger partial charge in [-0.15, -0.1) is 0 Å². The third-order valence-electron chi connectivity index (χ3n) is 18.2. The highest BCUT2D eigenvalue weighted by molar-refractivity contribution is 7.81. The molecule has 0 radical (unpaired) electrons. The van der Waals surface area contributed by atoms with E-state index in [0.717, 1.165) is 20.8 Å². The Hall–Kier alpha value is -3.21. The van der Waals surface area contributed by atoms with Gasteiger partial charge in [0.2, 0.25) is 17.7 Å². The summed E-state index contributed by atoms with van der Waals surface area (Å²) >= 11 is 0. The molecular formula is C54H91N3O45S2. The van der Waals surface area contributed by atoms with Crippen molar-refractivity contribution in [3.63, 3.8) is 0 Å². The van der Waals surface area contributed by atoms with Crippen molar-refractivity contribution in [2.75, 3.05) is 39.6 Å². The molecule has 48 nitrogen and oxygen atoms in total. The van der Waals surface area contributed by atoms with Crippen molar-refractivity contribution in [2.45, 2.75) is 280 Å². The highest BCUT2D eigenvalue weighted by Gasteiger charge is 2.61. The van der Waals surface area contributed by atoms with Crippen LogP contribution in [0.1, 0.15) is 34.6 Å². The van der Waals surface area contributed by atoms with Crippen LogP contribution < -0.4 is 16.0 Å². The molecule has 8 aliphatic heterocycles. The van der Waals surface area contributed by atoms with Crippen molar-refractivity contribution >= 4 is 38.5 Å². The predicted octanol–water partition coefficient (Wildman–Crippen LogP) is -16.3. The number of hydrogen-bond acceptors (Lipinski definition) is 43. The Labute approximate surface area is 589 Å². The standard InChI is InChI=1S/C54H91N3O45S2/c1-12-26(66)32(72)34(74)50(87-12)98-42-24(56-15(4)64)48(92-20(9-61)39(42)95-53-37(77)45(101-103(80,81)82)29(69)18(7-59)90-53)86-11-22-31(71)44(36(76)52(94-22)97-41-23(55-14(3)63)47(79)89-17(6-58)28(41)68)100-49-25(57-16(5)65)43(99-51-35(75)33(73)27(67)13(2)88-51)40(21(10-62)93-49)96-54-38(78)46(102-104(83,84)85)30(70)19(8-60)91-54/h12-13,17-54,58-62,66-79H,6-11H2,1-5H3,(H,55,63)(H,56,64)(H,57,65)(H,80,81,82)(H,83,84,85)/t12-,13-,17+,18+,19+,20+,21+,22+,23+,24+,25+,26+,27+,28-,29-,30-,31-,32+,33+,34-,35-,36+,37+,38+,39+,40+,41+,42+,43+,44-,45-,46-,47?,48+,49-,50-,51-,52-,53-,54-/m0/s1. The molecule has 8 heterocycles. The average Bonchev–Trinajstić information content (AvgIpc) is 0.813. The van der Waals surface area contributed by atoms with Gasteiger partial charge in [0, 0.05) is 20.8 Å². The molecule has 0 saturated carbocycles. The summed E-state index contributed by atoms with van der Waals surface area (Å²) in [6.07, 6.45) is -79.5. The average molecular weight is 1570 g/mol. The number of aliphatic hydroxyl groups is 19. The quantitative estimate of drug-likeness (QED) is 0.0340. The molecule has 24 N–H and O–H groups in total. The van der Waals surface area contributed by atoms with E-state index in [0.29, 0.717) is 0 Å². The smallest absolute Gasteiger partial charge is 0.394 e. The van der Waals surface area contributed by atoms with Crippen LogP contribution in [0, 0.1) is 0 Å². The van der Waals surface area contributed by atoms with Crippen LogP contribution in [0.25, 0.3) is 0 Å². The van der Waals surface area contributed by atoms with Gasteiger partial charge in [0.1, 0.15) is 183 Å². The van der Waals surface area contributed by atoms with Gasteiger partial charge in [-0.25, -0.2) is 8.37 Å². The first-order valence-corrected chi connectivity index (χ1v) is 34.9. The first-order chi connectivity index (χ1) is 48.7. The van der Waals surface area contributed by atoms with Crippen LogP contribution in [-0.2, 0) is 115 Å². The largest absolute Gasteiger partial charge is 0.397 e. The lowest BCUT2D eigenvalue weighted by Gasteiger charge is -2.52. The van der Waals surface area contributed by atoms with Crippen LogP contribution in [0.4, 0.5) is 0 Å². The summed E-state index contributed by atoms with van der Waals surface area (Å²) in [5.74, 6) is -2.99. The minimum atomic E-state index is -5.57. The van der Waals surface area contributed by atoms with E-state index < -0.39 is 324 Å². The topological polar surface area (TPSA) is 737 Å². The molecule has 0 spiro atoms. The fourth-order valence-electron chi connectivity index (χ4n) is 12.9. The van der Waals surface area contributed by atoms with Crippen molar-refractivity contribution in [1.82, 2.24) is 16.0 Å². The van der Waals surface area contributed by atoms with Gasteiger partial charge in [0.15, 0.2) is 50.3 Å². The molecule has 3 amide bonds. The second-order valence-electron chi connectivity index (χ2n) is 25.6. The van der Waals surface area contributed by atoms with Crippen LogP contribution in [0.15, 0.2) is 0 Å². The third kappa shape index (κ3) is 19.9. The number of carbonyl (C=O) groups excluding carboxylic acids is 3. The molecule has 8 fully saturated rings. The Balaban J connectivity index is 1.20. The Morgan fingerprint density at radius 1 is 0.317 bits per heavy atom. The fourth-order valence-corrected chi connectivity index (χ4v) is 14.0. The van der Waals surface area contributed by atoms with Crippen LogP contribution >= 0.6 is 0 Å². The minimum absolute atomic E-state index is 0.872. The van der Waals surface area contributed by atoms with E-state index >= 15 is 0 Å². The van der Waals surface area contributed by atoms with Crippen LogP contribution in [0.2, 0.25) is 0 Å². The van der Waals surface area contributed by atoms with Gasteiger partial charge in [-0.1, -0.05) is 0 Å². The molecule has 604 valence electrons. The Morgan fingerprint density at radius 2 is 0.615 bits per heavy atom. The number of carbonyl (C=O) groups is 3. The third-order valence-corrected chi connectivity index (χ3v) is 19.1. The maximum absolute atomic E-state index is 13.5. The van der Waals surface area contributed by atoms with Gasteiger partial charge in [0.05, 0.1) is 51.8 Å². The first kappa shape index (κ1) is 86.4. The maximum atomic E-state index is 13.5. The van der Waals surface area contributed by atoms with Crippen molar-refractivity contribution in [3.8, 4) is 0 Å².